The van der Waals surface area contributed by atoms with Gasteiger partial charge in [-0.2, -0.15) is 5.10 Å². The molecule has 0 unspecified atom stereocenters. The SMILES string of the molecule is ClCc1ccn(-c2ccc(Br)c(Cl)c2Cl)n1. The van der Waals surface area contributed by atoms with E-state index in [1.165, 1.54) is 0 Å². The van der Waals surface area contributed by atoms with Gasteiger partial charge in [-0.1, -0.05) is 23.2 Å². The Morgan fingerprint density at radius 3 is 2.56 bits per heavy atom. The molecule has 2 nitrogen and oxygen atoms in total. The van der Waals surface area contributed by atoms with Gasteiger partial charge in [0.1, 0.15) is 0 Å². The average Bonchev–Trinajstić information content (AvgIpc) is 2.74. The molecule has 1 heterocycles. The van der Waals surface area contributed by atoms with E-state index in [0.29, 0.717) is 15.9 Å². The molecule has 1 aromatic carbocycles. The summed E-state index contributed by atoms with van der Waals surface area (Å²) in [4.78, 5) is 0. The van der Waals surface area contributed by atoms with Crippen molar-refractivity contribution in [1.82, 2.24) is 9.78 Å². The summed E-state index contributed by atoms with van der Waals surface area (Å²) in [6, 6.07) is 5.49. The summed E-state index contributed by atoms with van der Waals surface area (Å²) in [5.74, 6) is 0.370. The molecule has 16 heavy (non-hydrogen) atoms. The summed E-state index contributed by atoms with van der Waals surface area (Å²) in [5.41, 5.74) is 1.52. The zero-order valence-corrected chi connectivity index (χ0v) is 11.8. The number of rotatable bonds is 2. The molecule has 0 fully saturated rings. The van der Waals surface area contributed by atoms with Gasteiger partial charge in [-0.05, 0) is 34.1 Å². The van der Waals surface area contributed by atoms with Crippen LogP contribution < -0.4 is 0 Å². The highest BCUT2D eigenvalue weighted by molar-refractivity contribution is 9.10. The van der Waals surface area contributed by atoms with Gasteiger partial charge in [-0.25, -0.2) is 4.68 Å². The summed E-state index contributed by atoms with van der Waals surface area (Å²) < 4.78 is 2.41. The van der Waals surface area contributed by atoms with Crippen LogP contribution in [0.5, 0.6) is 0 Å². The summed E-state index contributed by atoms with van der Waals surface area (Å²) in [6.45, 7) is 0. The molecule has 6 heteroatoms. The third-order valence-corrected chi connectivity index (χ3v) is 4.08. The maximum Gasteiger partial charge on any atom is 0.0860 e. The van der Waals surface area contributed by atoms with Gasteiger partial charge in [-0.15, -0.1) is 11.6 Å². The van der Waals surface area contributed by atoms with Gasteiger partial charge in [0.15, 0.2) is 0 Å². The van der Waals surface area contributed by atoms with Crippen LogP contribution in [-0.2, 0) is 5.88 Å². The van der Waals surface area contributed by atoms with E-state index >= 15 is 0 Å². The molecule has 0 saturated carbocycles. The molecular weight excluding hydrogens is 334 g/mol. The summed E-state index contributed by atoms with van der Waals surface area (Å²) >= 11 is 21.1. The molecule has 0 atom stereocenters. The maximum atomic E-state index is 6.13. The van der Waals surface area contributed by atoms with Crippen molar-refractivity contribution in [2.24, 2.45) is 0 Å². The standard InChI is InChI=1S/C10H6BrCl3N2/c11-7-1-2-8(10(14)9(7)13)16-4-3-6(5-12)15-16/h1-4H,5H2. The van der Waals surface area contributed by atoms with E-state index < -0.39 is 0 Å². The highest BCUT2D eigenvalue weighted by Crippen LogP contribution is 2.34. The largest absolute Gasteiger partial charge is 0.239 e. The molecule has 0 aliphatic heterocycles. The molecule has 0 saturated heterocycles. The Morgan fingerprint density at radius 2 is 1.94 bits per heavy atom. The van der Waals surface area contributed by atoms with Crippen molar-refractivity contribution in [3.8, 4) is 5.69 Å². The number of hydrogen-bond donors (Lipinski definition) is 0. The van der Waals surface area contributed by atoms with Crippen LogP contribution in [0.2, 0.25) is 10.0 Å². The van der Waals surface area contributed by atoms with Gasteiger partial charge in [-0.3, -0.25) is 0 Å². The van der Waals surface area contributed by atoms with Crippen molar-refractivity contribution < 1.29 is 0 Å². The molecule has 0 spiro atoms. The smallest absolute Gasteiger partial charge is 0.0860 e. The third kappa shape index (κ3) is 2.23. The quantitative estimate of drug-likeness (QED) is 0.573. The molecule has 0 bridgehead atoms. The Kier molecular flexibility index (Phi) is 3.80. The zero-order valence-electron chi connectivity index (χ0n) is 7.92. The predicted molar refractivity (Wildman–Crippen MR) is 70.8 cm³/mol. The van der Waals surface area contributed by atoms with Crippen molar-refractivity contribution in [3.05, 3.63) is 44.6 Å². The predicted octanol–water partition coefficient (Wildman–Crippen LogP) is 4.68. The van der Waals surface area contributed by atoms with Crippen LogP contribution in [0.4, 0.5) is 0 Å². The van der Waals surface area contributed by atoms with Gasteiger partial charge in [0.2, 0.25) is 0 Å². The lowest BCUT2D eigenvalue weighted by atomic mass is 10.3. The third-order valence-electron chi connectivity index (χ3n) is 2.04. The van der Waals surface area contributed by atoms with Crippen LogP contribution in [0, 0.1) is 0 Å². The van der Waals surface area contributed by atoms with Crippen LogP contribution >= 0.6 is 50.7 Å². The van der Waals surface area contributed by atoms with E-state index in [1.807, 2.05) is 18.2 Å². The minimum atomic E-state index is 0.370. The Hall–Kier alpha value is -0.220. The molecule has 84 valence electrons. The minimum absolute atomic E-state index is 0.370. The summed E-state index contributed by atoms with van der Waals surface area (Å²) in [7, 11) is 0. The fourth-order valence-electron chi connectivity index (χ4n) is 1.26. The van der Waals surface area contributed by atoms with Crippen molar-refractivity contribution in [2.45, 2.75) is 5.88 Å². The van der Waals surface area contributed by atoms with Crippen molar-refractivity contribution >= 4 is 50.7 Å². The molecule has 0 aliphatic rings. The van der Waals surface area contributed by atoms with E-state index in [9.17, 15) is 0 Å². The summed E-state index contributed by atoms with van der Waals surface area (Å²) in [6.07, 6.45) is 1.79. The number of alkyl halides is 1. The first-order valence-corrected chi connectivity index (χ1v) is 6.46. The van der Waals surface area contributed by atoms with E-state index in [1.54, 1.807) is 10.9 Å². The lowest BCUT2D eigenvalue weighted by molar-refractivity contribution is 0.858. The Balaban J connectivity index is 2.52. The van der Waals surface area contributed by atoms with Gasteiger partial charge in [0, 0.05) is 10.7 Å². The topological polar surface area (TPSA) is 17.8 Å². The average molecular weight is 340 g/mol. The first-order valence-electron chi connectivity index (χ1n) is 4.38. The number of nitrogens with zero attached hydrogens (tertiary/aromatic N) is 2. The Bertz CT molecular complexity index is 525. The van der Waals surface area contributed by atoms with Crippen LogP contribution in [0.1, 0.15) is 5.69 Å². The molecule has 0 N–H and O–H groups in total. The number of hydrogen-bond acceptors (Lipinski definition) is 1. The fraction of sp³-hybridized carbons (Fsp3) is 0.100. The normalized spacial score (nSPS) is 10.8. The molecule has 0 aliphatic carbocycles. The van der Waals surface area contributed by atoms with Crippen LogP contribution in [0.15, 0.2) is 28.9 Å². The van der Waals surface area contributed by atoms with Gasteiger partial charge in [0.25, 0.3) is 0 Å². The number of halogens is 4. The van der Waals surface area contributed by atoms with E-state index in [2.05, 4.69) is 21.0 Å². The van der Waals surface area contributed by atoms with Crippen molar-refractivity contribution in [3.63, 3.8) is 0 Å². The van der Waals surface area contributed by atoms with Crippen LogP contribution in [0.25, 0.3) is 5.69 Å². The Morgan fingerprint density at radius 1 is 1.19 bits per heavy atom. The molecule has 1 aromatic heterocycles. The minimum Gasteiger partial charge on any atom is -0.239 e. The van der Waals surface area contributed by atoms with Gasteiger partial charge >= 0.3 is 0 Å². The van der Waals surface area contributed by atoms with Crippen LogP contribution in [-0.4, -0.2) is 9.78 Å². The second kappa shape index (κ2) is 4.96. The first-order chi connectivity index (χ1) is 7.63. The van der Waals surface area contributed by atoms with E-state index in [0.717, 1.165) is 15.9 Å². The highest BCUT2D eigenvalue weighted by atomic mass is 79.9. The second-order valence-electron chi connectivity index (χ2n) is 3.08. The number of aromatic nitrogens is 2. The van der Waals surface area contributed by atoms with Crippen molar-refractivity contribution in [1.29, 1.82) is 0 Å². The monoisotopic (exact) mass is 338 g/mol. The Labute approximate surface area is 116 Å². The maximum absolute atomic E-state index is 6.13. The molecule has 2 rings (SSSR count). The lowest BCUT2D eigenvalue weighted by Crippen LogP contribution is -1.97. The van der Waals surface area contributed by atoms with Crippen LogP contribution in [0.3, 0.4) is 0 Å². The molecule has 2 aromatic rings. The fourth-order valence-corrected chi connectivity index (χ4v) is 2.26. The first kappa shape index (κ1) is 12.2. The van der Waals surface area contributed by atoms with E-state index in [-0.39, 0.29) is 0 Å². The zero-order chi connectivity index (χ0) is 11.7. The highest BCUT2D eigenvalue weighted by Gasteiger charge is 2.10. The van der Waals surface area contributed by atoms with E-state index in [4.69, 9.17) is 34.8 Å². The van der Waals surface area contributed by atoms with Gasteiger partial charge in [0.05, 0.1) is 27.3 Å². The second-order valence-corrected chi connectivity index (χ2v) is 4.96. The number of benzene rings is 1. The van der Waals surface area contributed by atoms with Gasteiger partial charge < -0.3 is 0 Å². The summed E-state index contributed by atoms with van der Waals surface area (Å²) in [5, 5.41) is 5.19. The van der Waals surface area contributed by atoms with Crippen molar-refractivity contribution in [2.75, 3.05) is 0 Å². The lowest BCUT2D eigenvalue weighted by Gasteiger charge is -2.07. The molecule has 0 amide bonds. The molecule has 0 radical (unpaired) electrons. The molecular formula is C10H6BrCl3N2.